The fourth-order valence-corrected chi connectivity index (χ4v) is 1.56. The summed E-state index contributed by atoms with van der Waals surface area (Å²) in [6, 6.07) is 8.24. The molecule has 0 aliphatic rings. The Balaban J connectivity index is 2.34. The number of carbonyl (C=O) groups excluding carboxylic acids is 1. The molecule has 0 atom stereocenters. The van der Waals surface area contributed by atoms with Crippen molar-refractivity contribution in [1.29, 1.82) is 0 Å². The number of nitrogens with one attached hydrogen (secondary N) is 1. The number of carbonyl (C=O) groups is 1. The monoisotopic (exact) mass is 221 g/mol. The van der Waals surface area contributed by atoms with Gasteiger partial charge in [0.05, 0.1) is 7.11 Å². The van der Waals surface area contributed by atoms with Gasteiger partial charge in [-0.3, -0.25) is 4.79 Å². The van der Waals surface area contributed by atoms with Crippen molar-refractivity contribution in [3.8, 4) is 0 Å². The second kappa shape index (κ2) is 6.88. The van der Waals surface area contributed by atoms with Crippen LogP contribution < -0.4 is 5.32 Å². The molecular weight excluding hydrogens is 202 g/mol. The Morgan fingerprint density at radius 1 is 1.38 bits per heavy atom. The van der Waals surface area contributed by atoms with Crippen LogP contribution in [0.25, 0.3) is 0 Å². The summed E-state index contributed by atoms with van der Waals surface area (Å²) in [6.45, 7) is 2.93. The highest BCUT2D eigenvalue weighted by molar-refractivity contribution is 5.69. The van der Waals surface area contributed by atoms with E-state index < -0.39 is 0 Å². The van der Waals surface area contributed by atoms with Gasteiger partial charge in [-0.1, -0.05) is 25.1 Å². The lowest BCUT2D eigenvalue weighted by Crippen LogP contribution is -2.07. The highest BCUT2D eigenvalue weighted by atomic mass is 16.5. The summed E-state index contributed by atoms with van der Waals surface area (Å²) in [4.78, 5) is 10.9. The van der Waals surface area contributed by atoms with E-state index in [1.54, 1.807) is 0 Å². The summed E-state index contributed by atoms with van der Waals surface area (Å²) < 4.78 is 4.58. The first-order chi connectivity index (χ1) is 7.77. The van der Waals surface area contributed by atoms with E-state index in [1.807, 2.05) is 12.1 Å². The zero-order valence-electron chi connectivity index (χ0n) is 9.95. The van der Waals surface area contributed by atoms with Gasteiger partial charge >= 0.3 is 5.97 Å². The molecule has 0 radical (unpaired) electrons. The van der Waals surface area contributed by atoms with Crippen molar-refractivity contribution in [2.75, 3.05) is 19.0 Å². The third-order valence-corrected chi connectivity index (χ3v) is 2.50. The molecular formula is C13H19NO2. The lowest BCUT2D eigenvalue weighted by Gasteiger charge is -2.10. The predicted molar refractivity (Wildman–Crippen MR) is 65.6 cm³/mol. The molecule has 1 rings (SSSR count). The molecule has 0 fully saturated rings. The molecule has 0 heterocycles. The number of para-hydroxylation sites is 1. The van der Waals surface area contributed by atoms with Crippen LogP contribution in [0.1, 0.15) is 25.3 Å². The van der Waals surface area contributed by atoms with Crippen molar-refractivity contribution >= 4 is 11.7 Å². The Kier molecular flexibility index (Phi) is 5.40. The molecule has 1 aromatic carbocycles. The molecule has 3 heteroatoms. The van der Waals surface area contributed by atoms with Crippen molar-refractivity contribution in [3.05, 3.63) is 29.8 Å². The lowest BCUT2D eigenvalue weighted by molar-refractivity contribution is -0.140. The average Bonchev–Trinajstić information content (AvgIpc) is 2.34. The average molecular weight is 221 g/mol. The minimum Gasteiger partial charge on any atom is -0.469 e. The molecule has 0 bridgehead atoms. The number of hydrogen-bond acceptors (Lipinski definition) is 3. The molecule has 0 amide bonds. The summed E-state index contributed by atoms with van der Waals surface area (Å²) in [5.41, 5.74) is 2.47. The maximum atomic E-state index is 10.9. The molecule has 0 saturated carbocycles. The zero-order valence-corrected chi connectivity index (χ0v) is 9.95. The van der Waals surface area contributed by atoms with E-state index >= 15 is 0 Å². The van der Waals surface area contributed by atoms with E-state index in [4.69, 9.17) is 0 Å². The number of esters is 1. The predicted octanol–water partition coefficient (Wildman–Crippen LogP) is 2.61. The van der Waals surface area contributed by atoms with Gasteiger partial charge in [0, 0.05) is 18.7 Å². The maximum Gasteiger partial charge on any atom is 0.305 e. The third-order valence-electron chi connectivity index (χ3n) is 2.50. The van der Waals surface area contributed by atoms with Crippen molar-refractivity contribution < 1.29 is 9.53 Å². The van der Waals surface area contributed by atoms with Crippen LogP contribution in [0.5, 0.6) is 0 Å². The highest BCUT2D eigenvalue weighted by Gasteiger charge is 2.01. The normalized spacial score (nSPS) is 9.88. The van der Waals surface area contributed by atoms with Crippen molar-refractivity contribution in [2.45, 2.75) is 26.2 Å². The van der Waals surface area contributed by atoms with Crippen LogP contribution in [0.15, 0.2) is 24.3 Å². The molecule has 16 heavy (non-hydrogen) atoms. The number of hydrogen-bond donors (Lipinski definition) is 1. The van der Waals surface area contributed by atoms with Crippen LogP contribution in [0.3, 0.4) is 0 Å². The molecule has 0 aliphatic heterocycles. The lowest BCUT2D eigenvalue weighted by atomic mass is 10.1. The molecule has 88 valence electrons. The Bertz CT molecular complexity index is 336. The number of benzene rings is 1. The Labute approximate surface area is 96.8 Å². The van der Waals surface area contributed by atoms with Gasteiger partial charge in [-0.15, -0.1) is 0 Å². The minimum absolute atomic E-state index is 0.148. The first-order valence-corrected chi connectivity index (χ1v) is 5.66. The molecule has 0 aromatic heterocycles. The van der Waals surface area contributed by atoms with E-state index in [0.717, 1.165) is 25.1 Å². The number of ether oxygens (including phenoxy) is 1. The summed E-state index contributed by atoms with van der Waals surface area (Å²) >= 11 is 0. The molecule has 0 unspecified atom stereocenters. The van der Waals surface area contributed by atoms with E-state index in [9.17, 15) is 4.79 Å². The first-order valence-electron chi connectivity index (χ1n) is 5.66. The van der Waals surface area contributed by atoms with Crippen LogP contribution in [0, 0.1) is 0 Å². The Morgan fingerprint density at radius 3 is 2.81 bits per heavy atom. The summed E-state index contributed by atoms with van der Waals surface area (Å²) in [5.74, 6) is -0.148. The zero-order chi connectivity index (χ0) is 11.8. The molecule has 0 saturated heterocycles. The molecule has 3 nitrogen and oxygen atoms in total. The number of aryl methyl sites for hydroxylation is 1. The SMILES string of the molecule is CCc1ccccc1NCCCC(=O)OC. The molecule has 1 N–H and O–H groups in total. The number of rotatable bonds is 6. The second-order valence-corrected chi connectivity index (χ2v) is 3.62. The Hall–Kier alpha value is -1.51. The van der Waals surface area contributed by atoms with Crippen LogP contribution in [0.4, 0.5) is 5.69 Å². The van der Waals surface area contributed by atoms with Gasteiger partial charge in [0.15, 0.2) is 0 Å². The third kappa shape index (κ3) is 3.93. The van der Waals surface area contributed by atoms with Gasteiger partial charge in [0.25, 0.3) is 0 Å². The van der Waals surface area contributed by atoms with Crippen LogP contribution >= 0.6 is 0 Å². The topological polar surface area (TPSA) is 38.3 Å². The van der Waals surface area contributed by atoms with Crippen LogP contribution in [-0.2, 0) is 16.0 Å². The summed E-state index contributed by atoms with van der Waals surface area (Å²) in [7, 11) is 1.42. The van der Waals surface area contributed by atoms with Gasteiger partial charge in [-0.25, -0.2) is 0 Å². The fourth-order valence-electron chi connectivity index (χ4n) is 1.56. The molecule has 0 spiro atoms. The van der Waals surface area contributed by atoms with E-state index in [1.165, 1.54) is 12.7 Å². The summed E-state index contributed by atoms with van der Waals surface area (Å²) in [5, 5.41) is 3.34. The van der Waals surface area contributed by atoms with Crippen molar-refractivity contribution in [2.24, 2.45) is 0 Å². The molecule has 1 aromatic rings. The smallest absolute Gasteiger partial charge is 0.305 e. The minimum atomic E-state index is -0.148. The maximum absolute atomic E-state index is 10.9. The summed E-state index contributed by atoms with van der Waals surface area (Å²) in [6.07, 6.45) is 2.28. The van der Waals surface area contributed by atoms with E-state index in [0.29, 0.717) is 6.42 Å². The van der Waals surface area contributed by atoms with Crippen molar-refractivity contribution in [3.63, 3.8) is 0 Å². The quantitative estimate of drug-likeness (QED) is 0.592. The van der Waals surface area contributed by atoms with Gasteiger partial charge in [0.1, 0.15) is 0 Å². The highest BCUT2D eigenvalue weighted by Crippen LogP contribution is 2.15. The molecule has 0 aliphatic carbocycles. The standard InChI is InChI=1S/C13H19NO2/c1-3-11-7-4-5-8-12(11)14-10-6-9-13(15)16-2/h4-5,7-8,14H,3,6,9-10H2,1-2H3. The van der Waals surface area contributed by atoms with Gasteiger partial charge in [-0.2, -0.15) is 0 Å². The number of methoxy groups -OCH3 is 1. The Morgan fingerprint density at radius 2 is 2.12 bits per heavy atom. The van der Waals surface area contributed by atoms with Crippen LogP contribution in [0.2, 0.25) is 0 Å². The van der Waals surface area contributed by atoms with E-state index in [-0.39, 0.29) is 5.97 Å². The van der Waals surface area contributed by atoms with Gasteiger partial charge in [-0.05, 0) is 24.5 Å². The largest absolute Gasteiger partial charge is 0.469 e. The van der Waals surface area contributed by atoms with Crippen LogP contribution in [-0.4, -0.2) is 19.6 Å². The van der Waals surface area contributed by atoms with Gasteiger partial charge < -0.3 is 10.1 Å². The number of anilines is 1. The second-order valence-electron chi connectivity index (χ2n) is 3.62. The first kappa shape index (κ1) is 12.6. The van der Waals surface area contributed by atoms with E-state index in [2.05, 4.69) is 29.1 Å². The fraction of sp³-hybridized carbons (Fsp3) is 0.462. The van der Waals surface area contributed by atoms with Crippen molar-refractivity contribution in [1.82, 2.24) is 0 Å². The van der Waals surface area contributed by atoms with Gasteiger partial charge in [0.2, 0.25) is 0 Å².